The van der Waals surface area contributed by atoms with Crippen molar-refractivity contribution in [1.82, 2.24) is 30.4 Å². The van der Waals surface area contributed by atoms with Crippen LogP contribution in [-0.4, -0.2) is 72.7 Å². The van der Waals surface area contributed by atoms with Gasteiger partial charge < -0.3 is 14.6 Å². The second-order valence-corrected chi connectivity index (χ2v) is 15.2. The van der Waals surface area contributed by atoms with Crippen LogP contribution < -0.4 is 0 Å². The zero-order valence-corrected chi connectivity index (χ0v) is 31.5. The molecule has 0 saturated carbocycles. The number of hydrogen-bond donors (Lipinski definition) is 2. The number of aromatic amines is 2. The molecule has 49 heavy (non-hydrogen) atoms. The third-order valence-corrected chi connectivity index (χ3v) is 8.95. The Morgan fingerprint density at radius 2 is 0.837 bits per heavy atom. The molecule has 6 aromatic rings. The summed E-state index contributed by atoms with van der Waals surface area (Å²) in [4.78, 5) is 34.7. The Balaban J connectivity index is 0.000000289. The number of aromatic nitrogens is 6. The van der Waals surface area contributed by atoms with Gasteiger partial charge >= 0.3 is 18.6 Å². The predicted octanol–water partition coefficient (Wildman–Crippen LogP) is 6.63. The standard InChI is InChI=1S/2C14H13N5S2.H2O4S.O.V/c2*1-9-3-5-11(20-9)7-15-13-17-14(19-18-13)16-8-12-6-4-10(2)21-12;1-5(2,3)4;;/h2*3-8H,1-2H3,(H,17,18,19);(H2,1,2,3,4);;/q;;;-2;+4/p-2/b2*15-7-,16-8+;;;. The normalized spacial score (nSPS) is 11.4. The zero-order chi connectivity index (χ0) is 33.8. The van der Waals surface area contributed by atoms with Crippen molar-refractivity contribution in [2.75, 3.05) is 0 Å². The number of thiophene rings is 4. The fraction of sp³-hybridized carbons (Fsp3) is 0.143. The van der Waals surface area contributed by atoms with E-state index in [1.807, 2.05) is 24.3 Å². The number of aliphatic imine (C=N–C) groups is 4. The molecule has 0 fully saturated rings. The number of hydrogen-bond acceptors (Lipinski definition) is 16. The van der Waals surface area contributed by atoms with Gasteiger partial charge in [0.15, 0.2) is 0 Å². The molecule has 0 atom stereocenters. The van der Waals surface area contributed by atoms with Gasteiger partial charge in [-0.3, -0.25) is 8.42 Å². The van der Waals surface area contributed by atoms with E-state index in [1.54, 1.807) is 70.2 Å². The molecule has 0 bridgehead atoms. The van der Waals surface area contributed by atoms with Crippen LogP contribution >= 0.6 is 45.3 Å². The van der Waals surface area contributed by atoms with Crippen LogP contribution in [0, 0.1) is 27.7 Å². The molecule has 253 valence electrons. The maximum atomic E-state index is 8.52. The second kappa shape index (κ2) is 20.0. The molecule has 0 saturated heterocycles. The van der Waals surface area contributed by atoms with Crippen LogP contribution in [0.4, 0.5) is 23.8 Å². The van der Waals surface area contributed by atoms with Crippen LogP contribution in [0.5, 0.6) is 0 Å². The third-order valence-electron chi connectivity index (χ3n) is 5.21. The molecule has 15 nitrogen and oxygen atoms in total. The number of rotatable bonds is 8. The molecule has 1 radical (unpaired) electrons. The molecule has 0 spiro atoms. The van der Waals surface area contributed by atoms with E-state index in [9.17, 15) is 0 Å². The number of H-pyrrole nitrogens is 2. The van der Waals surface area contributed by atoms with Gasteiger partial charge in [0.05, 0.1) is 0 Å². The van der Waals surface area contributed by atoms with Gasteiger partial charge in [-0.25, -0.2) is 30.2 Å². The number of nitrogens with one attached hydrogen (secondary N) is 2. The SMILES string of the molecule is Cc1ccc(/C=N\c2n[nH]c(/N=C/c3ccc(C)s3)n2)s1.Cc1ccc(/C=N\c2n[nH]c(/N=C/c3ccc(C)s3)n2)s1.O=S(=O)([O-])[O-].[O-2].[V+4]. The molecule has 0 aromatic carbocycles. The summed E-state index contributed by atoms with van der Waals surface area (Å²) in [6.07, 6.45) is 7.07. The van der Waals surface area contributed by atoms with Gasteiger partial charge in [-0.1, -0.05) is 0 Å². The van der Waals surface area contributed by atoms with Crippen LogP contribution in [0.1, 0.15) is 39.0 Å². The average molecular weight is 794 g/mol. The molecule has 6 heterocycles. The van der Waals surface area contributed by atoms with Gasteiger partial charge in [0.1, 0.15) is 0 Å². The minimum atomic E-state index is -5.17. The van der Waals surface area contributed by atoms with Crippen LogP contribution in [0.15, 0.2) is 68.5 Å². The van der Waals surface area contributed by atoms with Crippen LogP contribution in [-0.2, 0) is 34.4 Å². The van der Waals surface area contributed by atoms with Crippen molar-refractivity contribution in [2.24, 2.45) is 20.0 Å². The Hall–Kier alpha value is -3.83. The van der Waals surface area contributed by atoms with E-state index in [2.05, 4.69) is 102 Å². The van der Waals surface area contributed by atoms with Crippen molar-refractivity contribution >= 4 is 104 Å². The van der Waals surface area contributed by atoms with Gasteiger partial charge in [-0.15, -0.1) is 55.5 Å². The van der Waals surface area contributed by atoms with Gasteiger partial charge in [-0.05, 0) is 76.2 Å². The van der Waals surface area contributed by atoms with Gasteiger partial charge in [0.25, 0.3) is 11.9 Å². The maximum Gasteiger partial charge on any atom is 4.00 e. The van der Waals surface area contributed by atoms with Gasteiger partial charge in [-0.2, -0.15) is 9.97 Å². The monoisotopic (exact) mass is 793 g/mol. The summed E-state index contributed by atoms with van der Waals surface area (Å²) in [5, 5.41) is 13.6. The Kier molecular flexibility index (Phi) is 16.9. The first-order valence-corrected chi connectivity index (χ1v) is 17.9. The minimum absolute atomic E-state index is 0. The molecule has 21 heteroatoms. The van der Waals surface area contributed by atoms with E-state index < -0.39 is 10.4 Å². The summed E-state index contributed by atoms with van der Waals surface area (Å²) in [6, 6.07) is 16.3. The Labute approximate surface area is 309 Å². The van der Waals surface area contributed by atoms with Gasteiger partial charge in [0.2, 0.25) is 11.9 Å². The van der Waals surface area contributed by atoms with Crippen molar-refractivity contribution in [3.63, 3.8) is 0 Å². The first kappa shape index (κ1) is 41.3. The average Bonchev–Trinajstić information content (AvgIpc) is 3.84. The molecule has 0 amide bonds. The summed E-state index contributed by atoms with van der Waals surface area (Å²) in [7, 11) is -5.17. The van der Waals surface area contributed by atoms with E-state index in [-0.39, 0.29) is 24.0 Å². The van der Waals surface area contributed by atoms with Crippen molar-refractivity contribution < 1.29 is 41.6 Å². The number of nitrogens with zero attached hydrogens (tertiary/aromatic N) is 8. The first-order chi connectivity index (χ1) is 22.4. The summed E-state index contributed by atoms with van der Waals surface area (Å²) < 4.78 is 34.1. The molecule has 6 rings (SSSR count). The predicted molar refractivity (Wildman–Crippen MR) is 189 cm³/mol. The largest absolute Gasteiger partial charge is 4.00 e. The molecular formula is C28H26N10O5S5V. The molecule has 0 unspecified atom stereocenters. The van der Waals surface area contributed by atoms with Crippen molar-refractivity contribution in [3.05, 3.63) is 87.5 Å². The topological polar surface area (TPSA) is 241 Å². The molecule has 0 aliphatic carbocycles. The first-order valence-electron chi connectivity index (χ1n) is 13.3. The van der Waals surface area contributed by atoms with E-state index in [1.165, 1.54) is 19.5 Å². The number of aryl methyl sites for hydroxylation is 4. The molecular weight excluding hydrogens is 768 g/mol. The Morgan fingerprint density at radius 1 is 0.571 bits per heavy atom. The summed E-state index contributed by atoms with van der Waals surface area (Å²) >= 11 is 6.73. The Morgan fingerprint density at radius 3 is 1.08 bits per heavy atom. The fourth-order valence-electron chi connectivity index (χ4n) is 3.30. The van der Waals surface area contributed by atoms with E-state index in [4.69, 9.17) is 17.5 Å². The molecule has 0 aliphatic rings. The zero-order valence-electron chi connectivity index (χ0n) is 26.0. The van der Waals surface area contributed by atoms with Crippen molar-refractivity contribution in [3.8, 4) is 0 Å². The van der Waals surface area contributed by atoms with E-state index in [0.717, 1.165) is 19.5 Å². The second-order valence-electron chi connectivity index (χ2n) is 9.15. The summed E-state index contributed by atoms with van der Waals surface area (Å²) in [5.74, 6) is 1.68. The van der Waals surface area contributed by atoms with Gasteiger partial charge in [0, 0.05) is 74.3 Å². The van der Waals surface area contributed by atoms with Crippen LogP contribution in [0.25, 0.3) is 0 Å². The van der Waals surface area contributed by atoms with Crippen LogP contribution in [0.2, 0.25) is 0 Å². The summed E-state index contributed by atoms with van der Waals surface area (Å²) in [5.41, 5.74) is 0. The quantitative estimate of drug-likeness (QED) is 0.0960. The van der Waals surface area contributed by atoms with Crippen LogP contribution in [0.3, 0.4) is 0 Å². The fourth-order valence-corrected chi connectivity index (χ4v) is 6.30. The minimum Gasteiger partial charge on any atom is -2.00 e. The third kappa shape index (κ3) is 16.0. The maximum absolute atomic E-state index is 8.52. The molecule has 0 aliphatic heterocycles. The Bertz CT molecular complexity index is 1850. The smallest absolute Gasteiger partial charge is 2.00 e. The van der Waals surface area contributed by atoms with Crippen molar-refractivity contribution in [2.45, 2.75) is 27.7 Å². The molecule has 6 aromatic heterocycles. The summed E-state index contributed by atoms with van der Waals surface area (Å²) in [6.45, 7) is 8.26. The van der Waals surface area contributed by atoms with Crippen molar-refractivity contribution in [1.29, 1.82) is 0 Å². The van der Waals surface area contributed by atoms with E-state index in [0.29, 0.717) is 23.8 Å². The van der Waals surface area contributed by atoms with E-state index >= 15 is 0 Å². The molecule has 2 N–H and O–H groups in total.